The van der Waals surface area contributed by atoms with Gasteiger partial charge in [0.25, 0.3) is 0 Å². The monoisotopic (exact) mass is 213 g/mol. The molecule has 1 N–H and O–H groups in total. The maximum atomic E-state index is 13.3. The summed E-state index contributed by atoms with van der Waals surface area (Å²) in [4.78, 5) is 0. The molecular weight excluding hydrogens is 196 g/mol. The van der Waals surface area contributed by atoms with Crippen molar-refractivity contribution in [1.29, 1.82) is 0 Å². The SMILES string of the molecule is CNCCC(C)Cc1cccc(F)c1F. The predicted molar refractivity (Wildman–Crippen MR) is 57.8 cm³/mol. The average Bonchev–Trinajstić information content (AvgIpc) is 2.22. The third kappa shape index (κ3) is 3.59. The Morgan fingerprint density at radius 1 is 1.33 bits per heavy atom. The van der Waals surface area contributed by atoms with Crippen molar-refractivity contribution in [2.24, 2.45) is 5.92 Å². The van der Waals surface area contributed by atoms with Crippen molar-refractivity contribution >= 4 is 0 Å². The second-order valence-corrected chi connectivity index (χ2v) is 3.91. The summed E-state index contributed by atoms with van der Waals surface area (Å²) in [6.07, 6.45) is 1.55. The second kappa shape index (κ2) is 5.81. The molecular formula is C12H17F2N. The van der Waals surface area contributed by atoms with E-state index in [0.717, 1.165) is 19.0 Å². The summed E-state index contributed by atoms with van der Waals surface area (Å²) in [6, 6.07) is 4.35. The molecule has 3 heteroatoms. The van der Waals surface area contributed by atoms with Crippen LogP contribution in [-0.2, 0) is 6.42 Å². The molecule has 1 rings (SSSR count). The van der Waals surface area contributed by atoms with E-state index in [0.29, 0.717) is 17.9 Å². The van der Waals surface area contributed by atoms with Crippen LogP contribution in [0, 0.1) is 17.6 Å². The fourth-order valence-electron chi connectivity index (χ4n) is 1.57. The lowest BCUT2D eigenvalue weighted by Crippen LogP contribution is -2.13. The largest absolute Gasteiger partial charge is 0.320 e. The number of benzene rings is 1. The Labute approximate surface area is 89.5 Å². The van der Waals surface area contributed by atoms with Crippen molar-refractivity contribution in [2.75, 3.05) is 13.6 Å². The number of hydrogen-bond acceptors (Lipinski definition) is 1. The van der Waals surface area contributed by atoms with Gasteiger partial charge in [0.15, 0.2) is 11.6 Å². The standard InChI is InChI=1S/C12H17F2N/c1-9(6-7-15-2)8-10-4-3-5-11(13)12(10)14/h3-5,9,15H,6-8H2,1-2H3. The van der Waals surface area contributed by atoms with Gasteiger partial charge in [0.2, 0.25) is 0 Å². The van der Waals surface area contributed by atoms with Gasteiger partial charge in [-0.05, 0) is 44.0 Å². The van der Waals surface area contributed by atoms with E-state index in [9.17, 15) is 8.78 Å². The fourth-order valence-corrected chi connectivity index (χ4v) is 1.57. The van der Waals surface area contributed by atoms with Gasteiger partial charge in [-0.2, -0.15) is 0 Å². The maximum Gasteiger partial charge on any atom is 0.162 e. The van der Waals surface area contributed by atoms with Crippen molar-refractivity contribution < 1.29 is 8.78 Å². The molecule has 0 saturated carbocycles. The topological polar surface area (TPSA) is 12.0 Å². The van der Waals surface area contributed by atoms with Gasteiger partial charge in [-0.1, -0.05) is 19.1 Å². The van der Waals surface area contributed by atoms with Gasteiger partial charge in [0.05, 0.1) is 0 Å². The van der Waals surface area contributed by atoms with Crippen LogP contribution in [0.4, 0.5) is 8.78 Å². The molecule has 0 saturated heterocycles. The molecule has 0 radical (unpaired) electrons. The lowest BCUT2D eigenvalue weighted by atomic mass is 9.97. The zero-order chi connectivity index (χ0) is 11.3. The molecule has 1 nitrogen and oxygen atoms in total. The zero-order valence-electron chi connectivity index (χ0n) is 9.19. The molecule has 0 spiro atoms. The van der Waals surface area contributed by atoms with Crippen molar-refractivity contribution in [3.8, 4) is 0 Å². The Kier molecular flexibility index (Phi) is 4.69. The Morgan fingerprint density at radius 2 is 2.07 bits per heavy atom. The van der Waals surface area contributed by atoms with Gasteiger partial charge >= 0.3 is 0 Å². The highest BCUT2D eigenvalue weighted by Crippen LogP contribution is 2.16. The first-order valence-electron chi connectivity index (χ1n) is 5.22. The van der Waals surface area contributed by atoms with Crippen molar-refractivity contribution in [3.63, 3.8) is 0 Å². The van der Waals surface area contributed by atoms with E-state index < -0.39 is 11.6 Å². The Morgan fingerprint density at radius 3 is 2.73 bits per heavy atom. The van der Waals surface area contributed by atoms with E-state index in [2.05, 4.69) is 5.32 Å². The summed E-state index contributed by atoms with van der Waals surface area (Å²) in [5.74, 6) is -1.10. The van der Waals surface area contributed by atoms with Gasteiger partial charge in [0.1, 0.15) is 0 Å². The molecule has 0 aromatic heterocycles. The molecule has 1 atom stereocenters. The van der Waals surface area contributed by atoms with Crippen LogP contribution in [0.1, 0.15) is 18.9 Å². The molecule has 0 aliphatic carbocycles. The maximum absolute atomic E-state index is 13.3. The van der Waals surface area contributed by atoms with E-state index in [1.165, 1.54) is 0 Å². The van der Waals surface area contributed by atoms with Crippen LogP contribution in [-0.4, -0.2) is 13.6 Å². The molecule has 0 aliphatic heterocycles. The summed E-state index contributed by atoms with van der Waals surface area (Å²) in [5, 5.41) is 3.04. The first-order chi connectivity index (χ1) is 7.15. The van der Waals surface area contributed by atoms with Gasteiger partial charge < -0.3 is 5.32 Å². The third-order valence-corrected chi connectivity index (χ3v) is 2.49. The van der Waals surface area contributed by atoms with Crippen LogP contribution in [0.15, 0.2) is 18.2 Å². The molecule has 0 bridgehead atoms. The van der Waals surface area contributed by atoms with Crippen LogP contribution >= 0.6 is 0 Å². The summed E-state index contributed by atoms with van der Waals surface area (Å²) in [5.41, 5.74) is 0.471. The highest BCUT2D eigenvalue weighted by molar-refractivity contribution is 5.19. The molecule has 0 amide bonds. The van der Waals surface area contributed by atoms with Crippen molar-refractivity contribution in [3.05, 3.63) is 35.4 Å². The van der Waals surface area contributed by atoms with Crippen molar-refractivity contribution in [2.45, 2.75) is 19.8 Å². The van der Waals surface area contributed by atoms with Crippen molar-refractivity contribution in [1.82, 2.24) is 5.32 Å². The highest BCUT2D eigenvalue weighted by Gasteiger charge is 2.10. The Hall–Kier alpha value is -0.960. The minimum atomic E-state index is -0.756. The van der Waals surface area contributed by atoms with E-state index in [1.54, 1.807) is 12.1 Å². The second-order valence-electron chi connectivity index (χ2n) is 3.91. The van der Waals surface area contributed by atoms with E-state index in [-0.39, 0.29) is 0 Å². The fraction of sp³-hybridized carbons (Fsp3) is 0.500. The number of rotatable bonds is 5. The highest BCUT2D eigenvalue weighted by atomic mass is 19.2. The quantitative estimate of drug-likeness (QED) is 0.793. The molecule has 1 unspecified atom stereocenters. The first-order valence-corrected chi connectivity index (χ1v) is 5.22. The summed E-state index contributed by atoms with van der Waals surface area (Å²) in [7, 11) is 1.88. The molecule has 1 aromatic rings. The third-order valence-electron chi connectivity index (χ3n) is 2.49. The molecule has 0 fully saturated rings. The number of nitrogens with one attached hydrogen (secondary N) is 1. The lowest BCUT2D eigenvalue weighted by molar-refractivity contribution is 0.469. The van der Waals surface area contributed by atoms with Crippen LogP contribution in [0.5, 0.6) is 0 Å². The van der Waals surface area contributed by atoms with Crippen LogP contribution in [0.3, 0.4) is 0 Å². The van der Waals surface area contributed by atoms with E-state index in [4.69, 9.17) is 0 Å². The minimum Gasteiger partial charge on any atom is -0.320 e. The van der Waals surface area contributed by atoms with Crippen LogP contribution < -0.4 is 5.32 Å². The van der Waals surface area contributed by atoms with Gasteiger partial charge in [0, 0.05) is 0 Å². The molecule has 15 heavy (non-hydrogen) atoms. The van der Waals surface area contributed by atoms with Gasteiger partial charge in [-0.15, -0.1) is 0 Å². The smallest absolute Gasteiger partial charge is 0.162 e. The first kappa shape index (κ1) is 12.1. The lowest BCUT2D eigenvalue weighted by Gasteiger charge is -2.11. The minimum absolute atomic E-state index is 0.355. The number of hydrogen-bond donors (Lipinski definition) is 1. The summed E-state index contributed by atoms with van der Waals surface area (Å²) >= 11 is 0. The van der Waals surface area contributed by atoms with E-state index in [1.807, 2.05) is 14.0 Å². The Bertz CT molecular complexity index is 312. The molecule has 1 aromatic carbocycles. The van der Waals surface area contributed by atoms with E-state index >= 15 is 0 Å². The normalized spacial score (nSPS) is 12.8. The average molecular weight is 213 g/mol. The van der Waals surface area contributed by atoms with Gasteiger partial charge in [-0.25, -0.2) is 8.78 Å². The van der Waals surface area contributed by atoms with Crippen LogP contribution in [0.25, 0.3) is 0 Å². The Balaban J connectivity index is 2.60. The summed E-state index contributed by atoms with van der Waals surface area (Å²) < 4.78 is 26.2. The molecule has 84 valence electrons. The zero-order valence-corrected chi connectivity index (χ0v) is 9.19. The summed E-state index contributed by atoms with van der Waals surface area (Å²) in [6.45, 7) is 2.94. The molecule has 0 aliphatic rings. The van der Waals surface area contributed by atoms with Gasteiger partial charge in [-0.3, -0.25) is 0 Å². The predicted octanol–water partition coefficient (Wildman–Crippen LogP) is 2.75. The van der Waals surface area contributed by atoms with Crippen LogP contribution in [0.2, 0.25) is 0 Å². The molecule has 0 heterocycles. The number of halogens is 2.